The topological polar surface area (TPSA) is 29.5 Å². The number of anilines is 2. The van der Waals surface area contributed by atoms with Crippen LogP contribution in [0, 0.1) is 12.3 Å². The van der Waals surface area contributed by atoms with Gasteiger partial charge in [0.15, 0.2) is 0 Å². The largest absolute Gasteiger partial charge is 0.496 e. The third-order valence-electron chi connectivity index (χ3n) is 5.94. The average molecular weight is 491 g/mol. The number of thioether (sulfide) groups is 1. The van der Waals surface area contributed by atoms with Gasteiger partial charge in [0, 0.05) is 16.3 Å². The average Bonchev–Trinajstić information content (AvgIpc) is 2.86. The van der Waals surface area contributed by atoms with Crippen molar-refractivity contribution in [1.29, 1.82) is 0 Å². The highest BCUT2D eigenvalue weighted by atomic mass is 79.9. The molecule has 0 bridgehead atoms. The Bertz CT molecular complexity index is 873. The van der Waals surface area contributed by atoms with Gasteiger partial charge in [0.2, 0.25) is 5.91 Å². The molecule has 0 aliphatic carbocycles. The smallest absolute Gasteiger partial charge is 0.238 e. The molecule has 0 radical (unpaired) electrons. The Balaban J connectivity index is 2.17. The first-order valence-electron chi connectivity index (χ1n) is 10.9. The maximum atomic E-state index is 14.3. The number of benzene rings is 2. The maximum Gasteiger partial charge on any atom is 0.238 e. The third kappa shape index (κ3) is 4.72. The Hall–Kier alpha value is -1.46. The van der Waals surface area contributed by atoms with Gasteiger partial charge in [0.05, 0.1) is 22.7 Å². The van der Waals surface area contributed by atoms with E-state index in [1.54, 1.807) is 18.9 Å². The molecule has 3 rings (SSSR count). The molecule has 0 fully saturated rings. The minimum absolute atomic E-state index is 0.233. The fourth-order valence-electron chi connectivity index (χ4n) is 4.06. The second-order valence-corrected chi connectivity index (χ2v) is 10.1. The first kappa shape index (κ1) is 23.2. The molecule has 30 heavy (non-hydrogen) atoms. The summed E-state index contributed by atoms with van der Waals surface area (Å²) in [6, 6.07) is 12.4. The van der Waals surface area contributed by atoms with E-state index in [1.807, 2.05) is 11.0 Å². The third-order valence-corrected chi connectivity index (χ3v) is 7.90. The summed E-state index contributed by atoms with van der Waals surface area (Å²) in [5.74, 6) is 1.84. The van der Waals surface area contributed by atoms with Crippen LogP contribution >= 0.6 is 27.7 Å². The molecule has 0 unspecified atom stereocenters. The van der Waals surface area contributed by atoms with Gasteiger partial charge in [-0.05, 0) is 60.0 Å². The van der Waals surface area contributed by atoms with Gasteiger partial charge in [-0.1, -0.05) is 57.2 Å². The lowest BCUT2D eigenvalue weighted by Crippen LogP contribution is -2.42. The molecule has 0 saturated heterocycles. The number of rotatable bonds is 8. The number of aryl methyl sites for hydroxylation is 1. The Morgan fingerprint density at radius 2 is 1.73 bits per heavy atom. The Kier molecular flexibility index (Phi) is 7.92. The number of amides is 1. The van der Waals surface area contributed by atoms with E-state index in [0.717, 1.165) is 70.8 Å². The number of ether oxygens (including phenoxy) is 1. The molecule has 0 spiro atoms. The summed E-state index contributed by atoms with van der Waals surface area (Å²) in [7, 11) is 1.68. The van der Waals surface area contributed by atoms with Gasteiger partial charge >= 0.3 is 0 Å². The number of carbonyl (C=O) groups is 1. The highest BCUT2D eigenvalue weighted by Crippen LogP contribution is 2.50. The second-order valence-electron chi connectivity index (χ2n) is 8.21. The van der Waals surface area contributed by atoms with Crippen molar-refractivity contribution < 1.29 is 9.53 Å². The number of halogens is 1. The summed E-state index contributed by atoms with van der Waals surface area (Å²) in [4.78, 5) is 17.3. The molecule has 1 aliphatic rings. The Morgan fingerprint density at radius 3 is 2.30 bits per heavy atom. The fourth-order valence-corrected chi connectivity index (χ4v) is 5.88. The van der Waals surface area contributed by atoms with Crippen LogP contribution in [0.3, 0.4) is 0 Å². The second kappa shape index (κ2) is 10.2. The predicted octanol–water partition coefficient (Wildman–Crippen LogP) is 7.90. The lowest BCUT2D eigenvalue weighted by Gasteiger charge is -2.35. The Labute approximate surface area is 193 Å². The van der Waals surface area contributed by atoms with E-state index in [9.17, 15) is 4.79 Å². The Morgan fingerprint density at radius 1 is 1.10 bits per heavy atom. The standard InChI is InChI=1S/C25H32BrNO2S/c1-5-7-13-25(14-8-6-2)17-30-23-16-22(29-4)20(26)15-21(23)27(24(25)28)19-11-9-18(3)10-12-19/h9-12,15-16H,5-8,13-14,17H2,1-4H3. The lowest BCUT2D eigenvalue weighted by atomic mass is 9.78. The van der Waals surface area contributed by atoms with Crippen LogP contribution in [0.1, 0.15) is 57.9 Å². The molecule has 0 saturated carbocycles. The van der Waals surface area contributed by atoms with Crippen molar-refractivity contribution in [3.05, 3.63) is 46.4 Å². The number of nitrogens with zero attached hydrogens (tertiary/aromatic N) is 1. The van der Waals surface area contributed by atoms with E-state index in [4.69, 9.17) is 4.74 Å². The summed E-state index contributed by atoms with van der Waals surface area (Å²) in [5, 5.41) is 0. The molecule has 3 nitrogen and oxygen atoms in total. The van der Waals surface area contributed by atoms with Gasteiger partial charge in [-0.15, -0.1) is 11.8 Å². The van der Waals surface area contributed by atoms with Crippen LogP contribution in [0.5, 0.6) is 5.75 Å². The van der Waals surface area contributed by atoms with E-state index >= 15 is 0 Å². The van der Waals surface area contributed by atoms with Crippen molar-refractivity contribution >= 4 is 45.0 Å². The maximum absolute atomic E-state index is 14.3. The minimum atomic E-state index is -0.347. The number of fused-ring (bicyclic) bond motifs is 1. The van der Waals surface area contributed by atoms with Crippen molar-refractivity contribution in [1.82, 2.24) is 0 Å². The van der Waals surface area contributed by atoms with Crippen molar-refractivity contribution in [2.45, 2.75) is 64.2 Å². The van der Waals surface area contributed by atoms with Crippen LogP contribution in [0.25, 0.3) is 0 Å². The van der Waals surface area contributed by atoms with Crippen molar-refractivity contribution in [2.75, 3.05) is 17.8 Å². The zero-order valence-electron chi connectivity index (χ0n) is 18.5. The van der Waals surface area contributed by atoms with Gasteiger partial charge in [-0.2, -0.15) is 0 Å². The van der Waals surface area contributed by atoms with E-state index in [1.165, 1.54) is 5.56 Å². The van der Waals surface area contributed by atoms with Crippen LogP contribution in [0.4, 0.5) is 11.4 Å². The van der Waals surface area contributed by atoms with Gasteiger partial charge < -0.3 is 4.74 Å². The van der Waals surface area contributed by atoms with Crippen LogP contribution in [-0.2, 0) is 4.79 Å². The molecular weight excluding hydrogens is 458 g/mol. The van der Waals surface area contributed by atoms with Crippen LogP contribution in [0.15, 0.2) is 45.8 Å². The van der Waals surface area contributed by atoms with Crippen molar-refractivity contribution in [3.63, 3.8) is 0 Å². The van der Waals surface area contributed by atoms with Crippen LogP contribution in [-0.4, -0.2) is 18.8 Å². The summed E-state index contributed by atoms with van der Waals surface area (Å²) in [6.45, 7) is 6.48. The molecule has 0 aromatic heterocycles. The molecule has 1 heterocycles. The highest BCUT2D eigenvalue weighted by Gasteiger charge is 2.44. The zero-order valence-corrected chi connectivity index (χ0v) is 20.9. The van der Waals surface area contributed by atoms with Gasteiger partial charge in [0.1, 0.15) is 5.75 Å². The van der Waals surface area contributed by atoms with Crippen molar-refractivity contribution in [2.24, 2.45) is 5.41 Å². The first-order valence-corrected chi connectivity index (χ1v) is 12.6. The number of unbranched alkanes of at least 4 members (excludes halogenated alkanes) is 2. The molecule has 1 aliphatic heterocycles. The molecule has 2 aromatic rings. The van der Waals surface area contributed by atoms with Gasteiger partial charge in [-0.3, -0.25) is 9.69 Å². The highest BCUT2D eigenvalue weighted by molar-refractivity contribution is 9.10. The summed E-state index contributed by atoms with van der Waals surface area (Å²) < 4.78 is 6.42. The summed E-state index contributed by atoms with van der Waals surface area (Å²) >= 11 is 5.43. The molecule has 0 atom stereocenters. The molecular formula is C25H32BrNO2S. The monoisotopic (exact) mass is 489 g/mol. The normalized spacial score (nSPS) is 15.6. The molecule has 162 valence electrons. The van der Waals surface area contributed by atoms with Crippen molar-refractivity contribution in [3.8, 4) is 5.75 Å². The predicted molar refractivity (Wildman–Crippen MR) is 131 cm³/mol. The van der Waals surface area contributed by atoms with Crippen LogP contribution in [0.2, 0.25) is 0 Å². The lowest BCUT2D eigenvalue weighted by molar-refractivity contribution is -0.127. The van der Waals surface area contributed by atoms with E-state index in [2.05, 4.69) is 67.0 Å². The SMILES string of the molecule is CCCCC1(CCCC)CSc2cc(OC)c(Br)cc2N(c2ccc(C)cc2)C1=O. The molecule has 2 aromatic carbocycles. The number of hydrogen-bond donors (Lipinski definition) is 0. The van der Waals surface area contributed by atoms with Gasteiger partial charge in [0.25, 0.3) is 0 Å². The number of hydrogen-bond acceptors (Lipinski definition) is 3. The minimum Gasteiger partial charge on any atom is -0.496 e. The number of carbonyl (C=O) groups excluding carboxylic acids is 1. The van der Waals surface area contributed by atoms with E-state index < -0.39 is 0 Å². The number of methoxy groups -OCH3 is 1. The van der Waals surface area contributed by atoms with Gasteiger partial charge in [-0.25, -0.2) is 0 Å². The first-order chi connectivity index (χ1) is 14.5. The van der Waals surface area contributed by atoms with Crippen LogP contribution < -0.4 is 9.64 Å². The molecule has 5 heteroatoms. The molecule has 0 N–H and O–H groups in total. The molecule has 1 amide bonds. The van der Waals surface area contributed by atoms with E-state index in [-0.39, 0.29) is 11.3 Å². The van der Waals surface area contributed by atoms with E-state index in [0.29, 0.717) is 0 Å². The fraction of sp³-hybridized carbons (Fsp3) is 0.480. The summed E-state index contributed by atoms with van der Waals surface area (Å²) in [6.07, 6.45) is 6.21. The zero-order chi connectivity index (χ0) is 21.7. The quantitative estimate of drug-likeness (QED) is 0.377. The summed E-state index contributed by atoms with van der Waals surface area (Å²) in [5.41, 5.74) is 2.72.